The summed E-state index contributed by atoms with van der Waals surface area (Å²) in [6.45, 7) is 9.41. The number of carboxylic acid groups (broad SMARTS) is 1. The normalized spacial score (nSPS) is 12.5. The van der Waals surface area contributed by atoms with Gasteiger partial charge in [0.1, 0.15) is 11.5 Å². The Bertz CT molecular complexity index is 1130. The van der Waals surface area contributed by atoms with E-state index in [-0.39, 0.29) is 5.70 Å². The van der Waals surface area contributed by atoms with Crippen LogP contribution in [0.3, 0.4) is 0 Å². The predicted octanol–water partition coefficient (Wildman–Crippen LogP) is 4.13. The van der Waals surface area contributed by atoms with Gasteiger partial charge in [-0.25, -0.2) is 14.5 Å². The van der Waals surface area contributed by atoms with E-state index >= 15 is 0 Å². The predicted molar refractivity (Wildman–Crippen MR) is 114 cm³/mol. The summed E-state index contributed by atoms with van der Waals surface area (Å²) in [4.78, 5) is 15.8. The van der Waals surface area contributed by atoms with Crippen molar-refractivity contribution in [3.05, 3.63) is 59.1 Å². The van der Waals surface area contributed by atoms with E-state index in [2.05, 4.69) is 10.1 Å². The summed E-state index contributed by atoms with van der Waals surface area (Å²) in [7, 11) is 1.91. The van der Waals surface area contributed by atoms with Crippen LogP contribution < -0.4 is 0 Å². The molecule has 0 aliphatic heterocycles. The summed E-state index contributed by atoms with van der Waals surface area (Å²) in [5, 5.41) is 18.7. The molecule has 3 rings (SSSR count). The second kappa shape index (κ2) is 7.87. The van der Waals surface area contributed by atoms with Gasteiger partial charge in [-0.05, 0) is 34.6 Å². The molecule has 0 aliphatic carbocycles. The van der Waals surface area contributed by atoms with Crippen LogP contribution in [0.1, 0.15) is 30.8 Å². The zero-order valence-corrected chi connectivity index (χ0v) is 17.6. The van der Waals surface area contributed by atoms with Gasteiger partial charge in [-0.2, -0.15) is 10.2 Å². The third-order valence-corrected chi connectivity index (χ3v) is 5.00. The summed E-state index contributed by atoms with van der Waals surface area (Å²) >= 11 is 0. The molecular formula is C22H25N5O2. The molecule has 7 heteroatoms. The van der Waals surface area contributed by atoms with Crippen LogP contribution in [-0.2, 0) is 11.8 Å². The van der Waals surface area contributed by atoms with Crippen molar-refractivity contribution in [1.82, 2.24) is 19.6 Å². The van der Waals surface area contributed by atoms with Crippen LogP contribution in [0, 0.1) is 20.8 Å². The quantitative estimate of drug-likeness (QED) is 0.412. The molecule has 0 saturated heterocycles. The van der Waals surface area contributed by atoms with Crippen molar-refractivity contribution in [1.29, 1.82) is 0 Å². The van der Waals surface area contributed by atoms with Crippen molar-refractivity contribution in [3.63, 3.8) is 0 Å². The first-order chi connectivity index (χ1) is 13.8. The maximum atomic E-state index is 11.4. The number of carbonyl (C=O) groups is 1. The number of hydrogen-bond donors (Lipinski definition) is 1. The minimum Gasteiger partial charge on any atom is -0.477 e. The smallest absolute Gasteiger partial charge is 0.354 e. The monoisotopic (exact) mass is 391 g/mol. The van der Waals surface area contributed by atoms with E-state index in [9.17, 15) is 9.90 Å². The van der Waals surface area contributed by atoms with Gasteiger partial charge >= 0.3 is 5.97 Å². The second-order valence-corrected chi connectivity index (χ2v) is 6.91. The molecule has 2 heterocycles. The molecule has 1 N–H and O–H groups in total. The molecule has 0 aliphatic rings. The highest BCUT2D eigenvalue weighted by atomic mass is 16.4. The second-order valence-electron chi connectivity index (χ2n) is 6.91. The topological polar surface area (TPSA) is 85.3 Å². The van der Waals surface area contributed by atoms with Crippen molar-refractivity contribution < 1.29 is 9.90 Å². The fraction of sp³-hybridized carbons (Fsp3) is 0.273. The third kappa shape index (κ3) is 3.63. The first kappa shape index (κ1) is 20.3. The lowest BCUT2D eigenvalue weighted by atomic mass is 10.0. The van der Waals surface area contributed by atoms with E-state index in [4.69, 9.17) is 5.10 Å². The van der Waals surface area contributed by atoms with Crippen LogP contribution in [0.15, 0.2) is 47.1 Å². The van der Waals surface area contributed by atoms with Crippen LogP contribution in [0.25, 0.3) is 22.5 Å². The SMILES string of the molecule is C/C=C(\N=C(C)n1nc(-c2ccccc2)c(C)c1-c1c(C)nn(C)c1C)C(=O)O. The molecule has 0 saturated carbocycles. The van der Waals surface area contributed by atoms with Crippen LogP contribution in [0.4, 0.5) is 0 Å². The minimum atomic E-state index is -1.07. The standard InChI is InChI=1S/C22H25N5O2/c1-7-18(22(28)29)23-16(5)27-21(19-14(3)24-26(6)15(19)4)13(2)20(25-27)17-11-9-8-10-12-17/h7-12H,1-6H3,(H,28,29)/b18-7-,23-16?. The van der Waals surface area contributed by atoms with Gasteiger partial charge in [-0.15, -0.1) is 0 Å². The lowest BCUT2D eigenvalue weighted by Crippen LogP contribution is -2.14. The van der Waals surface area contributed by atoms with Crippen LogP contribution in [-0.4, -0.2) is 36.5 Å². The summed E-state index contributed by atoms with van der Waals surface area (Å²) in [6, 6.07) is 9.92. The van der Waals surface area contributed by atoms with Gasteiger partial charge in [-0.3, -0.25) is 4.68 Å². The Kier molecular flexibility index (Phi) is 5.50. The lowest BCUT2D eigenvalue weighted by molar-refractivity contribution is -0.132. The molecular weight excluding hydrogens is 366 g/mol. The number of aliphatic imine (C=N–C) groups is 1. The summed E-state index contributed by atoms with van der Waals surface area (Å²) in [6.07, 6.45) is 1.47. The van der Waals surface area contributed by atoms with Crippen LogP contribution in [0.5, 0.6) is 0 Å². The molecule has 0 spiro atoms. The number of hydrogen-bond acceptors (Lipinski definition) is 4. The molecule has 2 aromatic heterocycles. The van der Waals surface area contributed by atoms with Gasteiger partial charge < -0.3 is 5.11 Å². The van der Waals surface area contributed by atoms with Gasteiger partial charge in [0.2, 0.25) is 0 Å². The molecule has 0 unspecified atom stereocenters. The van der Waals surface area contributed by atoms with Crippen LogP contribution in [0.2, 0.25) is 0 Å². The highest BCUT2D eigenvalue weighted by Gasteiger charge is 2.24. The number of aliphatic carboxylic acids is 1. The summed E-state index contributed by atoms with van der Waals surface area (Å²) in [5.74, 6) is -0.599. The molecule has 3 aromatic rings. The van der Waals surface area contributed by atoms with Crippen molar-refractivity contribution in [2.75, 3.05) is 0 Å². The molecule has 150 valence electrons. The number of aromatic nitrogens is 4. The number of rotatable bonds is 4. The largest absolute Gasteiger partial charge is 0.477 e. The summed E-state index contributed by atoms with van der Waals surface area (Å²) < 4.78 is 3.56. The molecule has 29 heavy (non-hydrogen) atoms. The van der Waals surface area contributed by atoms with Gasteiger partial charge in [0.05, 0.1) is 17.1 Å². The van der Waals surface area contributed by atoms with Gasteiger partial charge in [0, 0.05) is 29.4 Å². The molecule has 0 radical (unpaired) electrons. The Hall–Kier alpha value is -3.48. The Morgan fingerprint density at radius 3 is 2.31 bits per heavy atom. The van der Waals surface area contributed by atoms with Crippen molar-refractivity contribution in [2.45, 2.75) is 34.6 Å². The first-order valence-electron chi connectivity index (χ1n) is 9.37. The zero-order chi connectivity index (χ0) is 21.3. The zero-order valence-electron chi connectivity index (χ0n) is 17.6. The molecule has 0 bridgehead atoms. The Morgan fingerprint density at radius 1 is 1.14 bits per heavy atom. The number of aryl methyl sites for hydroxylation is 2. The average Bonchev–Trinajstić information content (AvgIpc) is 3.15. The number of benzene rings is 1. The average molecular weight is 391 g/mol. The van der Waals surface area contributed by atoms with E-state index in [0.29, 0.717) is 5.84 Å². The van der Waals surface area contributed by atoms with Crippen LogP contribution >= 0.6 is 0 Å². The Labute approximate surface area is 170 Å². The van der Waals surface area contributed by atoms with Gasteiger partial charge in [-0.1, -0.05) is 36.4 Å². The highest BCUT2D eigenvalue weighted by Crippen LogP contribution is 2.35. The first-order valence-corrected chi connectivity index (χ1v) is 9.37. The van der Waals surface area contributed by atoms with E-state index in [1.165, 1.54) is 6.08 Å². The number of carboxylic acids is 1. The maximum absolute atomic E-state index is 11.4. The fourth-order valence-corrected chi connectivity index (χ4v) is 3.47. The van der Waals surface area contributed by atoms with E-state index in [1.54, 1.807) is 18.5 Å². The summed E-state index contributed by atoms with van der Waals surface area (Å²) in [5.41, 5.74) is 6.51. The van der Waals surface area contributed by atoms with Crippen molar-refractivity contribution >= 4 is 11.8 Å². The molecule has 0 fully saturated rings. The molecule has 0 amide bonds. The highest BCUT2D eigenvalue weighted by molar-refractivity contribution is 5.95. The van der Waals surface area contributed by atoms with Gasteiger partial charge in [0.15, 0.2) is 0 Å². The Morgan fingerprint density at radius 2 is 1.79 bits per heavy atom. The third-order valence-electron chi connectivity index (χ3n) is 5.00. The van der Waals surface area contributed by atoms with Gasteiger partial charge in [0.25, 0.3) is 0 Å². The Balaban J connectivity index is 2.33. The number of nitrogens with zero attached hydrogens (tertiary/aromatic N) is 5. The van der Waals surface area contributed by atoms with Crippen molar-refractivity contribution in [2.24, 2.45) is 12.0 Å². The molecule has 0 atom stereocenters. The number of allylic oxidation sites excluding steroid dienone is 1. The van der Waals surface area contributed by atoms with E-state index in [0.717, 1.165) is 39.5 Å². The maximum Gasteiger partial charge on any atom is 0.354 e. The van der Waals surface area contributed by atoms with E-state index in [1.807, 2.05) is 62.8 Å². The van der Waals surface area contributed by atoms with Crippen molar-refractivity contribution in [3.8, 4) is 22.5 Å². The molecule has 7 nitrogen and oxygen atoms in total. The minimum absolute atomic E-state index is 0.0255. The van der Waals surface area contributed by atoms with E-state index < -0.39 is 5.97 Å². The lowest BCUT2D eigenvalue weighted by Gasteiger charge is -2.09. The fourth-order valence-electron chi connectivity index (χ4n) is 3.47. The molecule has 1 aromatic carbocycles.